The number of amides is 1. The highest BCUT2D eigenvalue weighted by Crippen LogP contribution is 2.23. The van der Waals surface area contributed by atoms with E-state index < -0.39 is 27.6 Å². The first-order chi connectivity index (χ1) is 9.36. The maximum absolute atomic E-state index is 12.2. The number of hydrogen-bond acceptors (Lipinski definition) is 4. The molecule has 0 radical (unpaired) electrons. The molecule has 0 saturated carbocycles. The number of hydrogen-bond donors (Lipinski definition) is 1. The molecular formula is C13H15NO5S. The molecule has 7 heteroatoms. The molecule has 0 aromatic heterocycles. The van der Waals surface area contributed by atoms with Crippen LogP contribution in [0.4, 0.5) is 0 Å². The van der Waals surface area contributed by atoms with E-state index in [9.17, 15) is 18.0 Å². The van der Waals surface area contributed by atoms with Gasteiger partial charge in [-0.3, -0.25) is 9.59 Å². The van der Waals surface area contributed by atoms with Crippen LogP contribution in [0.5, 0.6) is 0 Å². The fourth-order valence-electron chi connectivity index (χ4n) is 2.04. The fraction of sp³-hybridized carbons (Fsp3) is 0.385. The monoisotopic (exact) mass is 297 g/mol. The molecule has 1 amide bonds. The summed E-state index contributed by atoms with van der Waals surface area (Å²) < 4.78 is 23.9. The zero-order valence-electron chi connectivity index (χ0n) is 10.9. The van der Waals surface area contributed by atoms with Gasteiger partial charge in [0.2, 0.25) is 0 Å². The highest BCUT2D eigenvalue weighted by Gasteiger charge is 2.37. The van der Waals surface area contributed by atoms with Gasteiger partial charge in [0.1, 0.15) is 0 Å². The van der Waals surface area contributed by atoms with Gasteiger partial charge in [-0.1, -0.05) is 19.1 Å². The minimum atomic E-state index is -3.49. The Morgan fingerprint density at radius 2 is 1.90 bits per heavy atom. The van der Waals surface area contributed by atoms with Crippen LogP contribution in [0.15, 0.2) is 29.2 Å². The minimum absolute atomic E-state index is 0.00581. The van der Waals surface area contributed by atoms with Gasteiger partial charge in [0.25, 0.3) is 5.91 Å². The number of benzene rings is 1. The second-order valence-corrected chi connectivity index (χ2v) is 6.89. The molecule has 0 atom stereocenters. The highest BCUT2D eigenvalue weighted by atomic mass is 32.2. The lowest BCUT2D eigenvalue weighted by molar-refractivity contribution is -0.146. The summed E-state index contributed by atoms with van der Waals surface area (Å²) in [6.07, 6.45) is 0. The Morgan fingerprint density at radius 3 is 2.45 bits per heavy atom. The summed E-state index contributed by atoms with van der Waals surface area (Å²) in [7, 11) is -3.49. The average Bonchev–Trinajstić information content (AvgIpc) is 2.36. The third-order valence-electron chi connectivity index (χ3n) is 3.35. The minimum Gasteiger partial charge on any atom is -0.481 e. The summed E-state index contributed by atoms with van der Waals surface area (Å²) in [6.45, 7) is 1.75. The molecule has 1 fully saturated rings. The van der Waals surface area contributed by atoms with Crippen molar-refractivity contribution in [1.29, 1.82) is 0 Å². The lowest BCUT2D eigenvalue weighted by atomic mass is 9.99. The van der Waals surface area contributed by atoms with E-state index in [-0.39, 0.29) is 29.3 Å². The number of carboxylic acid groups (broad SMARTS) is 1. The lowest BCUT2D eigenvalue weighted by Crippen LogP contribution is -2.53. The van der Waals surface area contributed by atoms with Crippen molar-refractivity contribution >= 4 is 21.7 Å². The standard InChI is InChI=1S/C13H15NO5S/c1-2-20(18,19)11-6-4-3-5-10(11)12(15)14-7-9(8-14)13(16)17/h3-6,9H,2,7-8H2,1H3,(H,16,17). The zero-order chi connectivity index (χ0) is 14.9. The molecule has 2 rings (SSSR count). The van der Waals surface area contributed by atoms with Crippen molar-refractivity contribution in [2.24, 2.45) is 5.92 Å². The van der Waals surface area contributed by atoms with Crippen molar-refractivity contribution in [3.05, 3.63) is 29.8 Å². The average molecular weight is 297 g/mol. The largest absolute Gasteiger partial charge is 0.481 e. The number of carbonyl (C=O) groups excluding carboxylic acids is 1. The zero-order valence-corrected chi connectivity index (χ0v) is 11.8. The Balaban J connectivity index is 2.27. The van der Waals surface area contributed by atoms with E-state index in [1.165, 1.54) is 24.0 Å². The number of aliphatic carboxylic acids is 1. The van der Waals surface area contributed by atoms with Crippen molar-refractivity contribution in [1.82, 2.24) is 4.90 Å². The van der Waals surface area contributed by atoms with Crippen molar-refractivity contribution in [2.45, 2.75) is 11.8 Å². The molecule has 0 bridgehead atoms. The van der Waals surface area contributed by atoms with Gasteiger partial charge in [0, 0.05) is 13.1 Å². The van der Waals surface area contributed by atoms with Gasteiger partial charge in [-0.05, 0) is 12.1 Å². The van der Waals surface area contributed by atoms with Crippen LogP contribution in [0.1, 0.15) is 17.3 Å². The number of sulfone groups is 1. The van der Waals surface area contributed by atoms with Crippen LogP contribution in [0.2, 0.25) is 0 Å². The Kier molecular flexibility index (Phi) is 3.80. The van der Waals surface area contributed by atoms with E-state index >= 15 is 0 Å². The first-order valence-electron chi connectivity index (χ1n) is 6.20. The highest BCUT2D eigenvalue weighted by molar-refractivity contribution is 7.91. The van der Waals surface area contributed by atoms with Gasteiger partial charge >= 0.3 is 5.97 Å². The van der Waals surface area contributed by atoms with Crippen molar-refractivity contribution in [3.8, 4) is 0 Å². The van der Waals surface area contributed by atoms with E-state index in [4.69, 9.17) is 5.11 Å². The van der Waals surface area contributed by atoms with E-state index in [1.54, 1.807) is 12.1 Å². The Morgan fingerprint density at radius 1 is 1.30 bits per heavy atom. The number of rotatable bonds is 4. The number of carbonyl (C=O) groups is 2. The first kappa shape index (κ1) is 14.5. The molecule has 0 unspecified atom stereocenters. The van der Waals surface area contributed by atoms with E-state index in [1.807, 2.05) is 0 Å². The number of nitrogens with zero attached hydrogens (tertiary/aromatic N) is 1. The lowest BCUT2D eigenvalue weighted by Gasteiger charge is -2.36. The number of likely N-dealkylation sites (tertiary alicyclic amines) is 1. The number of carboxylic acids is 1. The molecule has 1 saturated heterocycles. The summed E-state index contributed by atoms with van der Waals surface area (Å²) in [5.41, 5.74) is 0.109. The smallest absolute Gasteiger partial charge is 0.310 e. The third-order valence-corrected chi connectivity index (χ3v) is 5.14. The van der Waals surface area contributed by atoms with Gasteiger partial charge in [-0.25, -0.2) is 8.42 Å². The quantitative estimate of drug-likeness (QED) is 0.880. The topological polar surface area (TPSA) is 91.8 Å². The Bertz CT molecular complexity index is 646. The van der Waals surface area contributed by atoms with Crippen molar-refractivity contribution in [3.63, 3.8) is 0 Å². The maximum Gasteiger partial charge on any atom is 0.310 e. The van der Waals surface area contributed by atoms with E-state index in [0.717, 1.165) is 0 Å². The normalized spacial score (nSPS) is 15.8. The van der Waals surface area contributed by atoms with Crippen LogP contribution in [-0.2, 0) is 14.6 Å². The molecule has 0 aliphatic carbocycles. The Hall–Kier alpha value is -1.89. The molecule has 1 aromatic rings. The van der Waals surface area contributed by atoms with E-state index in [2.05, 4.69) is 0 Å². The summed E-state index contributed by atoms with van der Waals surface area (Å²) in [5, 5.41) is 8.79. The molecule has 1 N–H and O–H groups in total. The molecule has 1 aliphatic rings. The SMILES string of the molecule is CCS(=O)(=O)c1ccccc1C(=O)N1CC(C(=O)O)C1. The fourth-order valence-corrected chi connectivity index (χ4v) is 3.13. The van der Waals surface area contributed by atoms with Gasteiger partial charge in [-0.2, -0.15) is 0 Å². The van der Waals surface area contributed by atoms with Crippen LogP contribution >= 0.6 is 0 Å². The van der Waals surface area contributed by atoms with Gasteiger partial charge in [-0.15, -0.1) is 0 Å². The van der Waals surface area contributed by atoms with Crippen LogP contribution in [-0.4, -0.2) is 49.1 Å². The van der Waals surface area contributed by atoms with Crippen LogP contribution < -0.4 is 0 Å². The second-order valence-electron chi connectivity index (χ2n) is 4.64. The summed E-state index contributed by atoms with van der Waals surface area (Å²) in [5.74, 6) is -2.03. The summed E-state index contributed by atoms with van der Waals surface area (Å²) in [6, 6.07) is 6.02. The van der Waals surface area contributed by atoms with E-state index in [0.29, 0.717) is 0 Å². The third kappa shape index (κ3) is 2.53. The molecule has 20 heavy (non-hydrogen) atoms. The Labute approximate surface area is 116 Å². The van der Waals surface area contributed by atoms with Crippen LogP contribution in [0.3, 0.4) is 0 Å². The molecule has 108 valence electrons. The molecular weight excluding hydrogens is 282 g/mol. The molecule has 6 nitrogen and oxygen atoms in total. The molecule has 0 spiro atoms. The second kappa shape index (κ2) is 5.24. The van der Waals surface area contributed by atoms with Crippen LogP contribution in [0, 0.1) is 5.92 Å². The van der Waals surface area contributed by atoms with Gasteiger partial charge in [0.15, 0.2) is 9.84 Å². The summed E-state index contributed by atoms with van der Waals surface area (Å²) in [4.78, 5) is 24.3. The predicted molar refractivity (Wildman–Crippen MR) is 71.2 cm³/mol. The van der Waals surface area contributed by atoms with Crippen LogP contribution in [0.25, 0.3) is 0 Å². The van der Waals surface area contributed by atoms with Crippen molar-refractivity contribution < 1.29 is 23.1 Å². The first-order valence-corrected chi connectivity index (χ1v) is 7.86. The molecule has 1 aliphatic heterocycles. The van der Waals surface area contributed by atoms with Gasteiger partial charge < -0.3 is 10.0 Å². The molecule has 1 aromatic carbocycles. The summed E-state index contributed by atoms with van der Waals surface area (Å²) >= 11 is 0. The molecule has 1 heterocycles. The maximum atomic E-state index is 12.2. The van der Waals surface area contributed by atoms with Gasteiger partial charge in [0.05, 0.1) is 22.1 Å². The van der Waals surface area contributed by atoms with Crippen molar-refractivity contribution in [2.75, 3.05) is 18.8 Å². The predicted octanol–water partition coefficient (Wildman–Crippen LogP) is 0.637.